The van der Waals surface area contributed by atoms with E-state index in [4.69, 9.17) is 15.6 Å². The summed E-state index contributed by atoms with van der Waals surface area (Å²) < 4.78 is 32.3. The lowest BCUT2D eigenvalue weighted by molar-refractivity contribution is 0.0697. The van der Waals surface area contributed by atoms with Gasteiger partial charge in [0.25, 0.3) is 10.2 Å². The van der Waals surface area contributed by atoms with Gasteiger partial charge in [-0.05, 0) is 18.2 Å². The third kappa shape index (κ3) is 4.73. The summed E-state index contributed by atoms with van der Waals surface area (Å²) in [5.74, 6) is -1.14. The van der Waals surface area contributed by atoms with Crippen molar-refractivity contribution in [3.8, 4) is 0 Å². The van der Waals surface area contributed by atoms with E-state index in [0.717, 1.165) is 0 Å². The lowest BCUT2D eigenvalue weighted by Crippen LogP contribution is -2.32. The number of carbonyl (C=O) groups is 1. The monoisotopic (exact) mass is 289 g/mol. The van der Waals surface area contributed by atoms with Crippen LogP contribution >= 0.6 is 0 Å². The van der Waals surface area contributed by atoms with Crippen LogP contribution in [0.15, 0.2) is 18.2 Å². The average molecular weight is 289 g/mol. The maximum Gasteiger partial charge on any atom is 0.335 e. The van der Waals surface area contributed by atoms with Crippen LogP contribution in [0, 0.1) is 0 Å². The second-order valence-electron chi connectivity index (χ2n) is 3.60. The van der Waals surface area contributed by atoms with E-state index in [1.54, 1.807) is 0 Å². The number of rotatable bonds is 7. The van der Waals surface area contributed by atoms with Gasteiger partial charge < -0.3 is 15.6 Å². The third-order valence-electron chi connectivity index (χ3n) is 2.14. The van der Waals surface area contributed by atoms with Crippen molar-refractivity contribution < 1.29 is 23.1 Å². The SMILES string of the molecule is COCCNS(=O)(=O)Nc1ccc(C(=O)O)cc1N. The molecule has 0 bridgehead atoms. The number of anilines is 2. The zero-order chi connectivity index (χ0) is 14.5. The highest BCUT2D eigenvalue weighted by Crippen LogP contribution is 2.20. The van der Waals surface area contributed by atoms with Gasteiger partial charge in [0.2, 0.25) is 0 Å². The van der Waals surface area contributed by atoms with Gasteiger partial charge in [0.05, 0.1) is 23.5 Å². The molecule has 1 aromatic carbocycles. The van der Waals surface area contributed by atoms with Crippen molar-refractivity contribution in [1.82, 2.24) is 4.72 Å². The number of benzene rings is 1. The van der Waals surface area contributed by atoms with Gasteiger partial charge in [0.15, 0.2) is 0 Å². The van der Waals surface area contributed by atoms with Crippen LogP contribution in [-0.4, -0.2) is 39.8 Å². The maximum absolute atomic E-state index is 11.6. The van der Waals surface area contributed by atoms with Gasteiger partial charge in [-0.3, -0.25) is 4.72 Å². The number of carboxylic acids is 1. The Morgan fingerprint density at radius 3 is 2.68 bits per heavy atom. The highest BCUT2D eigenvalue weighted by Gasteiger charge is 2.12. The lowest BCUT2D eigenvalue weighted by atomic mass is 10.2. The first kappa shape index (κ1) is 15.2. The number of nitrogens with one attached hydrogen (secondary N) is 2. The molecule has 106 valence electrons. The summed E-state index contributed by atoms with van der Waals surface area (Å²) in [5.41, 5.74) is 5.69. The number of aromatic carboxylic acids is 1. The Morgan fingerprint density at radius 1 is 1.47 bits per heavy atom. The van der Waals surface area contributed by atoms with Crippen LogP contribution in [0.2, 0.25) is 0 Å². The van der Waals surface area contributed by atoms with Crippen LogP contribution in [0.5, 0.6) is 0 Å². The minimum atomic E-state index is -3.77. The van der Waals surface area contributed by atoms with Crippen molar-refractivity contribution in [3.63, 3.8) is 0 Å². The zero-order valence-corrected chi connectivity index (χ0v) is 11.0. The molecule has 1 aromatic rings. The first-order chi connectivity index (χ1) is 8.85. The number of carboxylic acid groups (broad SMARTS) is 1. The summed E-state index contributed by atoms with van der Waals surface area (Å²) in [6.07, 6.45) is 0. The van der Waals surface area contributed by atoms with E-state index in [1.807, 2.05) is 0 Å². The summed E-state index contributed by atoms with van der Waals surface area (Å²) in [5, 5.41) is 8.76. The Bertz CT molecular complexity index is 558. The number of methoxy groups -OCH3 is 1. The quantitative estimate of drug-likeness (QED) is 0.408. The van der Waals surface area contributed by atoms with Gasteiger partial charge in [-0.2, -0.15) is 13.1 Å². The number of hydrogen-bond acceptors (Lipinski definition) is 5. The predicted octanol–water partition coefficient (Wildman–Crippen LogP) is -0.140. The van der Waals surface area contributed by atoms with Gasteiger partial charge in [-0.1, -0.05) is 0 Å². The molecule has 0 heterocycles. The molecule has 19 heavy (non-hydrogen) atoms. The van der Waals surface area contributed by atoms with E-state index in [1.165, 1.54) is 25.3 Å². The zero-order valence-electron chi connectivity index (χ0n) is 10.2. The fraction of sp³-hybridized carbons (Fsp3) is 0.300. The minimum absolute atomic E-state index is 0.0206. The second-order valence-corrected chi connectivity index (χ2v) is 5.10. The van der Waals surface area contributed by atoms with Crippen LogP contribution in [0.1, 0.15) is 10.4 Å². The molecule has 0 aliphatic carbocycles. The van der Waals surface area contributed by atoms with E-state index in [-0.39, 0.29) is 30.1 Å². The fourth-order valence-electron chi connectivity index (χ4n) is 1.25. The summed E-state index contributed by atoms with van der Waals surface area (Å²) in [7, 11) is -2.32. The summed E-state index contributed by atoms with van der Waals surface area (Å²) in [6.45, 7) is 0.341. The largest absolute Gasteiger partial charge is 0.478 e. The highest BCUT2D eigenvalue weighted by molar-refractivity contribution is 7.90. The van der Waals surface area contributed by atoms with Crippen molar-refractivity contribution in [2.45, 2.75) is 0 Å². The van der Waals surface area contributed by atoms with Crippen LogP contribution in [0.4, 0.5) is 11.4 Å². The predicted molar refractivity (Wildman–Crippen MR) is 70.2 cm³/mol. The Balaban J connectivity index is 2.79. The molecule has 0 unspecified atom stereocenters. The Hall–Kier alpha value is -1.84. The van der Waals surface area contributed by atoms with Crippen molar-refractivity contribution >= 4 is 27.6 Å². The Kier molecular flexibility index (Phi) is 5.10. The van der Waals surface area contributed by atoms with Gasteiger partial charge >= 0.3 is 5.97 Å². The molecule has 0 radical (unpaired) electrons. The maximum atomic E-state index is 11.6. The first-order valence-electron chi connectivity index (χ1n) is 5.25. The van der Waals surface area contributed by atoms with E-state index < -0.39 is 16.2 Å². The van der Waals surface area contributed by atoms with Gasteiger partial charge in [0.1, 0.15) is 0 Å². The molecule has 1 rings (SSSR count). The number of nitrogen functional groups attached to an aromatic ring is 1. The van der Waals surface area contributed by atoms with Crippen LogP contribution in [0.25, 0.3) is 0 Å². The number of hydrogen-bond donors (Lipinski definition) is 4. The number of ether oxygens (including phenoxy) is 1. The Morgan fingerprint density at radius 2 is 2.16 bits per heavy atom. The van der Waals surface area contributed by atoms with E-state index in [2.05, 4.69) is 9.44 Å². The lowest BCUT2D eigenvalue weighted by Gasteiger charge is -2.11. The molecule has 0 saturated carbocycles. The first-order valence-corrected chi connectivity index (χ1v) is 6.73. The standard InChI is InChI=1S/C10H15N3O5S/c1-18-5-4-12-19(16,17)13-9-3-2-7(10(14)15)6-8(9)11/h2-3,6,12-13H,4-5,11H2,1H3,(H,14,15). The molecule has 0 amide bonds. The molecule has 9 heteroatoms. The molecule has 8 nitrogen and oxygen atoms in total. The molecule has 0 saturated heterocycles. The van der Waals surface area contributed by atoms with E-state index in [9.17, 15) is 13.2 Å². The molecule has 0 fully saturated rings. The van der Waals surface area contributed by atoms with Crippen LogP contribution < -0.4 is 15.2 Å². The normalized spacial score (nSPS) is 11.2. The van der Waals surface area contributed by atoms with Crippen LogP contribution in [-0.2, 0) is 14.9 Å². The van der Waals surface area contributed by atoms with Gasteiger partial charge in [-0.15, -0.1) is 0 Å². The average Bonchev–Trinajstić information content (AvgIpc) is 2.31. The smallest absolute Gasteiger partial charge is 0.335 e. The van der Waals surface area contributed by atoms with Crippen molar-refractivity contribution in [1.29, 1.82) is 0 Å². The van der Waals surface area contributed by atoms with Crippen molar-refractivity contribution in [2.75, 3.05) is 30.7 Å². The van der Waals surface area contributed by atoms with Crippen molar-refractivity contribution in [3.05, 3.63) is 23.8 Å². The van der Waals surface area contributed by atoms with E-state index in [0.29, 0.717) is 0 Å². The molecular weight excluding hydrogens is 274 g/mol. The third-order valence-corrected chi connectivity index (χ3v) is 3.21. The molecule has 0 aromatic heterocycles. The van der Waals surface area contributed by atoms with Crippen molar-refractivity contribution in [2.24, 2.45) is 0 Å². The highest BCUT2D eigenvalue weighted by atomic mass is 32.2. The molecule has 5 N–H and O–H groups in total. The van der Waals surface area contributed by atoms with Crippen LogP contribution in [0.3, 0.4) is 0 Å². The summed E-state index contributed by atoms with van der Waals surface area (Å²) in [6, 6.07) is 3.72. The fourth-order valence-corrected chi connectivity index (χ4v) is 2.15. The summed E-state index contributed by atoms with van der Waals surface area (Å²) >= 11 is 0. The molecular formula is C10H15N3O5S. The van der Waals surface area contributed by atoms with Gasteiger partial charge in [-0.25, -0.2) is 4.79 Å². The van der Waals surface area contributed by atoms with Gasteiger partial charge in [0, 0.05) is 13.7 Å². The minimum Gasteiger partial charge on any atom is -0.478 e. The molecule has 0 aliphatic rings. The van der Waals surface area contributed by atoms with E-state index >= 15 is 0 Å². The Labute approximate surface area is 110 Å². The second kappa shape index (κ2) is 6.36. The molecule has 0 aliphatic heterocycles. The summed E-state index contributed by atoms with van der Waals surface area (Å²) in [4.78, 5) is 10.7. The molecule has 0 atom stereocenters. The molecule has 0 spiro atoms. The number of nitrogens with two attached hydrogens (primary N) is 1. The topological polar surface area (TPSA) is 131 Å².